The van der Waals surface area contributed by atoms with Crippen molar-refractivity contribution < 1.29 is 9.31 Å². The number of nitro benzene ring substituents is 1. The Hall–Kier alpha value is -3.46. The molecule has 0 fully saturated rings. The van der Waals surface area contributed by atoms with Gasteiger partial charge in [-0.2, -0.15) is 5.26 Å². The van der Waals surface area contributed by atoms with Crippen LogP contribution >= 0.6 is 0 Å². The highest BCUT2D eigenvalue weighted by Gasteiger charge is 2.21. The minimum absolute atomic E-state index is 0.0639. The second-order valence-electron chi connectivity index (χ2n) is 7.53. The Bertz CT molecular complexity index is 1010. The highest BCUT2D eigenvalue weighted by Crippen LogP contribution is 2.34. The molecule has 0 aliphatic carbocycles. The van der Waals surface area contributed by atoms with Crippen LogP contribution in [0.4, 0.5) is 21.5 Å². The van der Waals surface area contributed by atoms with Crippen LogP contribution in [0.3, 0.4) is 0 Å². The van der Waals surface area contributed by atoms with E-state index in [9.17, 15) is 14.5 Å². The smallest absolute Gasteiger partial charge is 0.292 e. The first-order valence-electron chi connectivity index (χ1n) is 8.66. The van der Waals surface area contributed by atoms with Crippen molar-refractivity contribution in [1.29, 1.82) is 5.26 Å². The first-order chi connectivity index (χ1) is 13.0. The number of benzene rings is 2. The third kappa shape index (κ3) is 4.63. The van der Waals surface area contributed by atoms with E-state index in [1.54, 1.807) is 19.1 Å². The number of halogens is 1. The molecule has 0 aliphatic rings. The zero-order chi connectivity index (χ0) is 21.1. The van der Waals surface area contributed by atoms with Crippen LogP contribution in [-0.4, -0.2) is 4.92 Å². The Morgan fingerprint density at radius 2 is 1.96 bits per heavy atom. The monoisotopic (exact) mass is 379 g/mol. The third-order valence-corrected chi connectivity index (χ3v) is 4.26. The fourth-order valence-corrected chi connectivity index (χ4v) is 2.72. The molecule has 2 aromatic rings. The van der Waals surface area contributed by atoms with E-state index in [2.05, 4.69) is 11.9 Å². The number of anilines is 2. The van der Waals surface area contributed by atoms with Crippen LogP contribution in [0.25, 0.3) is 5.57 Å². The number of nitriles is 1. The first kappa shape index (κ1) is 20.8. The molecule has 0 bridgehead atoms. The molecule has 5 nitrogen and oxygen atoms in total. The second kappa shape index (κ2) is 8.05. The van der Waals surface area contributed by atoms with Crippen LogP contribution in [0, 0.1) is 27.3 Å². The van der Waals surface area contributed by atoms with E-state index >= 15 is 0 Å². The zero-order valence-electron chi connectivity index (χ0n) is 16.3. The average Bonchev–Trinajstić information content (AvgIpc) is 2.60. The number of nitrogens with one attached hydrogen (secondary N) is 1. The molecule has 144 valence electrons. The summed E-state index contributed by atoms with van der Waals surface area (Å²) >= 11 is 0. The molecule has 1 N–H and O–H groups in total. The number of nitro groups is 1. The Morgan fingerprint density at radius 1 is 1.29 bits per heavy atom. The molecule has 2 aromatic carbocycles. The summed E-state index contributed by atoms with van der Waals surface area (Å²) in [5.74, 6) is -0.507. The molecule has 0 heterocycles. The molecule has 0 saturated carbocycles. The summed E-state index contributed by atoms with van der Waals surface area (Å²) < 4.78 is 14.3. The van der Waals surface area contributed by atoms with Crippen molar-refractivity contribution >= 4 is 22.6 Å². The molecule has 0 spiro atoms. The molecular formula is C22H22FN3O2. The summed E-state index contributed by atoms with van der Waals surface area (Å²) in [5.41, 5.74) is 2.43. The summed E-state index contributed by atoms with van der Waals surface area (Å²) in [6.45, 7) is 11.4. The lowest BCUT2D eigenvalue weighted by Gasteiger charge is -2.19. The van der Waals surface area contributed by atoms with E-state index in [1.807, 2.05) is 32.9 Å². The number of nitrogens with zero attached hydrogens (tertiary/aromatic N) is 2. The predicted octanol–water partition coefficient (Wildman–Crippen LogP) is 6.26. The van der Waals surface area contributed by atoms with Gasteiger partial charge in [0.1, 0.15) is 11.5 Å². The van der Waals surface area contributed by atoms with Gasteiger partial charge in [-0.05, 0) is 53.3 Å². The summed E-state index contributed by atoms with van der Waals surface area (Å²) in [4.78, 5) is 11.1. The maximum absolute atomic E-state index is 14.3. The van der Waals surface area contributed by atoms with E-state index in [1.165, 1.54) is 24.3 Å². The SMILES string of the molecule is C=C(C)/C(=C/C#N)c1cc(Nc2ccc(C(C)(C)C)cc2[N+](=O)[O-])ccc1F. The van der Waals surface area contributed by atoms with Crippen LogP contribution in [0.2, 0.25) is 0 Å². The summed E-state index contributed by atoms with van der Waals surface area (Å²) in [6, 6.07) is 11.2. The second-order valence-corrected chi connectivity index (χ2v) is 7.53. The lowest BCUT2D eigenvalue weighted by Crippen LogP contribution is -2.11. The van der Waals surface area contributed by atoms with Gasteiger partial charge in [-0.1, -0.05) is 33.4 Å². The largest absolute Gasteiger partial charge is 0.350 e. The van der Waals surface area contributed by atoms with Crippen LogP contribution in [-0.2, 0) is 5.41 Å². The topological polar surface area (TPSA) is 79.0 Å². The number of hydrogen-bond donors (Lipinski definition) is 1. The maximum atomic E-state index is 14.3. The standard InChI is InChI=1S/C22H22FN3O2/c1-14(2)17(10-11-24)18-13-16(7-8-19(18)23)25-20-9-6-15(22(3,4)5)12-21(20)26(27)28/h6-10,12-13,25H,1H2,2-5H3/b17-10-. The summed E-state index contributed by atoms with van der Waals surface area (Å²) in [7, 11) is 0. The Balaban J connectivity index is 2.51. The lowest BCUT2D eigenvalue weighted by molar-refractivity contribution is -0.384. The van der Waals surface area contributed by atoms with Crippen molar-refractivity contribution in [3.63, 3.8) is 0 Å². The van der Waals surface area contributed by atoms with Gasteiger partial charge in [-0.25, -0.2) is 4.39 Å². The molecule has 28 heavy (non-hydrogen) atoms. The van der Waals surface area contributed by atoms with Crippen molar-refractivity contribution in [2.75, 3.05) is 5.32 Å². The number of hydrogen-bond acceptors (Lipinski definition) is 4. The van der Waals surface area contributed by atoms with Gasteiger partial charge in [0, 0.05) is 23.4 Å². The third-order valence-electron chi connectivity index (χ3n) is 4.26. The Kier molecular flexibility index (Phi) is 5.99. The quantitative estimate of drug-likeness (QED) is 0.288. The summed E-state index contributed by atoms with van der Waals surface area (Å²) in [6.07, 6.45) is 1.23. The zero-order valence-corrected chi connectivity index (χ0v) is 16.3. The van der Waals surface area contributed by atoms with Gasteiger partial charge in [0.15, 0.2) is 0 Å². The minimum Gasteiger partial charge on any atom is -0.350 e. The highest BCUT2D eigenvalue weighted by atomic mass is 19.1. The molecule has 0 unspecified atom stereocenters. The van der Waals surface area contributed by atoms with Crippen molar-refractivity contribution in [3.05, 3.63) is 81.7 Å². The van der Waals surface area contributed by atoms with Crippen molar-refractivity contribution in [2.45, 2.75) is 33.1 Å². The van der Waals surface area contributed by atoms with Gasteiger partial charge in [0.25, 0.3) is 5.69 Å². The van der Waals surface area contributed by atoms with Crippen LogP contribution in [0.1, 0.15) is 38.8 Å². The van der Waals surface area contributed by atoms with E-state index < -0.39 is 10.7 Å². The van der Waals surface area contributed by atoms with Crippen molar-refractivity contribution in [2.24, 2.45) is 0 Å². The molecular weight excluding hydrogens is 357 g/mol. The molecule has 0 saturated heterocycles. The fraction of sp³-hybridized carbons (Fsp3) is 0.227. The van der Waals surface area contributed by atoms with E-state index in [0.29, 0.717) is 22.5 Å². The molecule has 0 aromatic heterocycles. The predicted molar refractivity (Wildman–Crippen MR) is 110 cm³/mol. The number of allylic oxidation sites excluding steroid dienone is 3. The molecule has 0 atom stereocenters. The molecule has 2 rings (SSSR count). The lowest BCUT2D eigenvalue weighted by atomic mass is 9.86. The van der Waals surface area contributed by atoms with Crippen molar-refractivity contribution in [1.82, 2.24) is 0 Å². The first-order valence-corrected chi connectivity index (χ1v) is 8.66. The maximum Gasteiger partial charge on any atom is 0.292 e. The molecule has 0 radical (unpaired) electrons. The van der Waals surface area contributed by atoms with Gasteiger partial charge in [0.05, 0.1) is 11.0 Å². The van der Waals surface area contributed by atoms with Crippen molar-refractivity contribution in [3.8, 4) is 6.07 Å². The Morgan fingerprint density at radius 3 is 2.50 bits per heavy atom. The molecule has 0 amide bonds. The highest BCUT2D eigenvalue weighted by molar-refractivity contribution is 5.82. The van der Waals surface area contributed by atoms with E-state index in [0.717, 1.165) is 5.56 Å². The van der Waals surface area contributed by atoms with E-state index in [4.69, 9.17) is 5.26 Å². The summed E-state index contributed by atoms with van der Waals surface area (Å²) in [5, 5.41) is 23.5. The fourth-order valence-electron chi connectivity index (χ4n) is 2.72. The molecule has 6 heteroatoms. The normalized spacial score (nSPS) is 11.6. The average molecular weight is 379 g/mol. The van der Waals surface area contributed by atoms with Gasteiger partial charge in [-0.3, -0.25) is 10.1 Å². The van der Waals surface area contributed by atoms with Crippen LogP contribution in [0.15, 0.2) is 54.6 Å². The minimum atomic E-state index is -0.507. The van der Waals surface area contributed by atoms with Gasteiger partial charge in [0.2, 0.25) is 0 Å². The van der Waals surface area contributed by atoms with Gasteiger partial charge in [-0.15, -0.1) is 0 Å². The van der Waals surface area contributed by atoms with Gasteiger partial charge < -0.3 is 5.32 Å². The van der Waals surface area contributed by atoms with Crippen LogP contribution in [0.5, 0.6) is 0 Å². The number of rotatable bonds is 5. The molecule has 0 aliphatic heterocycles. The Labute approximate surface area is 164 Å². The van der Waals surface area contributed by atoms with Gasteiger partial charge >= 0.3 is 0 Å². The van der Waals surface area contributed by atoms with Crippen LogP contribution < -0.4 is 5.32 Å². The van der Waals surface area contributed by atoms with E-state index in [-0.39, 0.29) is 16.7 Å².